The smallest absolute Gasteiger partial charge is 0.270 e. The molecule has 2 aromatic carbocycles. The summed E-state index contributed by atoms with van der Waals surface area (Å²) in [6, 6.07) is 15.8. The number of carbonyl (C=O) groups is 1. The topological polar surface area (TPSA) is 45.3 Å². The van der Waals surface area contributed by atoms with E-state index in [9.17, 15) is 4.79 Å². The number of aromatic nitrogens is 1. The normalized spacial score (nSPS) is 17.7. The molecule has 2 heterocycles. The average Bonchev–Trinajstić information content (AvgIpc) is 2.96. The second kappa shape index (κ2) is 7.65. The number of H-pyrrole nitrogens is 1. The van der Waals surface area contributed by atoms with Crippen molar-refractivity contribution in [2.75, 3.05) is 20.2 Å². The molecule has 0 spiro atoms. The zero-order chi connectivity index (χ0) is 18.8. The second-order valence-electron chi connectivity index (χ2n) is 7.13. The van der Waals surface area contributed by atoms with Gasteiger partial charge >= 0.3 is 0 Å². The van der Waals surface area contributed by atoms with E-state index in [1.165, 1.54) is 5.56 Å². The Labute approximate surface area is 164 Å². The van der Waals surface area contributed by atoms with Crippen LogP contribution in [0.15, 0.2) is 48.5 Å². The number of carbonyl (C=O) groups excluding carboxylic acids is 1. The number of halogens is 1. The van der Waals surface area contributed by atoms with Gasteiger partial charge in [0, 0.05) is 41.0 Å². The second-order valence-corrected chi connectivity index (χ2v) is 7.57. The van der Waals surface area contributed by atoms with E-state index in [0.29, 0.717) is 11.6 Å². The van der Waals surface area contributed by atoms with Gasteiger partial charge in [-0.1, -0.05) is 30.2 Å². The Morgan fingerprint density at radius 2 is 1.96 bits per heavy atom. The quantitative estimate of drug-likeness (QED) is 0.673. The van der Waals surface area contributed by atoms with Crippen LogP contribution in [-0.2, 0) is 0 Å². The van der Waals surface area contributed by atoms with Crippen molar-refractivity contribution in [2.45, 2.75) is 25.2 Å². The lowest BCUT2D eigenvalue weighted by Gasteiger charge is -2.24. The van der Waals surface area contributed by atoms with Gasteiger partial charge in [0.2, 0.25) is 0 Å². The van der Waals surface area contributed by atoms with Crippen molar-refractivity contribution in [2.24, 2.45) is 0 Å². The highest BCUT2D eigenvalue weighted by Crippen LogP contribution is 2.29. The number of nitrogens with zero attached hydrogens (tertiary/aromatic N) is 1. The predicted octanol–water partition coefficient (Wildman–Crippen LogP) is 5.24. The highest BCUT2D eigenvalue weighted by molar-refractivity contribution is 6.30. The first-order valence-electron chi connectivity index (χ1n) is 9.35. The first kappa shape index (κ1) is 17.9. The third-order valence-electron chi connectivity index (χ3n) is 5.36. The maximum atomic E-state index is 13.1. The largest absolute Gasteiger partial charge is 0.497 e. The molecule has 1 fully saturated rings. The number of aromatic amines is 1. The molecule has 140 valence electrons. The Morgan fingerprint density at radius 1 is 1.15 bits per heavy atom. The fourth-order valence-electron chi connectivity index (χ4n) is 3.85. The standard InChI is InChI=1S/C22H23ClN2O2/c1-27-19-10-7-16-12-21(24-20(16)13-19)22(26)25-11-3-2-4-17(14-25)15-5-8-18(23)9-6-15/h5-10,12-13,17,24H,2-4,11,14H2,1H3. The molecule has 1 aliphatic heterocycles. The number of nitrogens with one attached hydrogen (secondary N) is 1. The monoisotopic (exact) mass is 382 g/mol. The molecule has 1 N–H and O–H groups in total. The summed E-state index contributed by atoms with van der Waals surface area (Å²) in [5, 5.41) is 1.76. The van der Waals surface area contributed by atoms with Crippen LogP contribution in [0.25, 0.3) is 10.9 Å². The summed E-state index contributed by atoms with van der Waals surface area (Å²) in [5.74, 6) is 1.19. The molecule has 1 atom stereocenters. The Kier molecular flexibility index (Phi) is 5.08. The Balaban J connectivity index is 1.57. The molecule has 3 aromatic rings. The number of benzene rings is 2. The van der Waals surface area contributed by atoms with Gasteiger partial charge in [0.1, 0.15) is 11.4 Å². The fraction of sp³-hybridized carbons (Fsp3) is 0.318. The number of hydrogen-bond acceptors (Lipinski definition) is 2. The summed E-state index contributed by atoms with van der Waals surface area (Å²) in [5.41, 5.74) is 2.80. The molecular weight excluding hydrogens is 360 g/mol. The predicted molar refractivity (Wildman–Crippen MR) is 109 cm³/mol. The summed E-state index contributed by atoms with van der Waals surface area (Å²) < 4.78 is 5.27. The zero-order valence-corrected chi connectivity index (χ0v) is 16.1. The average molecular weight is 383 g/mol. The van der Waals surface area contributed by atoms with Crippen LogP contribution in [0.5, 0.6) is 5.75 Å². The van der Waals surface area contributed by atoms with Crippen LogP contribution >= 0.6 is 11.6 Å². The minimum absolute atomic E-state index is 0.0611. The number of rotatable bonds is 3. The maximum absolute atomic E-state index is 13.1. The van der Waals surface area contributed by atoms with Gasteiger partial charge in [-0.25, -0.2) is 0 Å². The molecule has 1 aliphatic rings. The van der Waals surface area contributed by atoms with E-state index >= 15 is 0 Å². The number of methoxy groups -OCH3 is 1. The Morgan fingerprint density at radius 3 is 2.74 bits per heavy atom. The molecule has 0 aliphatic carbocycles. The number of likely N-dealkylation sites (tertiary alicyclic amines) is 1. The van der Waals surface area contributed by atoms with Crippen LogP contribution in [0.3, 0.4) is 0 Å². The van der Waals surface area contributed by atoms with Crippen molar-refractivity contribution in [1.82, 2.24) is 9.88 Å². The van der Waals surface area contributed by atoms with Crippen molar-refractivity contribution in [3.8, 4) is 5.75 Å². The van der Waals surface area contributed by atoms with Gasteiger partial charge in [-0.2, -0.15) is 0 Å². The molecule has 4 nitrogen and oxygen atoms in total. The lowest BCUT2D eigenvalue weighted by molar-refractivity contribution is 0.0749. The number of hydrogen-bond donors (Lipinski definition) is 1. The van der Waals surface area contributed by atoms with Gasteiger partial charge in [-0.05, 0) is 48.7 Å². The molecule has 1 amide bonds. The van der Waals surface area contributed by atoms with E-state index < -0.39 is 0 Å². The number of ether oxygens (including phenoxy) is 1. The summed E-state index contributed by atoms with van der Waals surface area (Å²) in [6.45, 7) is 1.53. The maximum Gasteiger partial charge on any atom is 0.270 e. The first-order chi connectivity index (χ1) is 13.1. The molecule has 5 heteroatoms. The number of amides is 1. The van der Waals surface area contributed by atoms with Crippen LogP contribution < -0.4 is 4.74 Å². The third-order valence-corrected chi connectivity index (χ3v) is 5.61. The van der Waals surface area contributed by atoms with Gasteiger partial charge < -0.3 is 14.6 Å². The van der Waals surface area contributed by atoms with Gasteiger partial charge in [-0.3, -0.25) is 4.79 Å². The van der Waals surface area contributed by atoms with Gasteiger partial charge in [-0.15, -0.1) is 0 Å². The molecule has 1 saturated heterocycles. The SMILES string of the molecule is COc1ccc2cc(C(=O)N3CCCCC(c4ccc(Cl)cc4)C3)[nH]c2c1. The Bertz CT molecular complexity index is 949. The van der Waals surface area contributed by atoms with Crippen molar-refractivity contribution in [3.05, 3.63) is 64.8 Å². The third kappa shape index (κ3) is 3.81. The van der Waals surface area contributed by atoms with Gasteiger partial charge in [0.25, 0.3) is 5.91 Å². The van der Waals surface area contributed by atoms with Crippen molar-refractivity contribution in [1.29, 1.82) is 0 Å². The summed E-state index contributed by atoms with van der Waals surface area (Å²) in [7, 11) is 1.64. The summed E-state index contributed by atoms with van der Waals surface area (Å²) in [4.78, 5) is 18.4. The van der Waals surface area contributed by atoms with E-state index in [2.05, 4.69) is 17.1 Å². The van der Waals surface area contributed by atoms with Crippen molar-refractivity contribution >= 4 is 28.4 Å². The van der Waals surface area contributed by atoms with E-state index in [0.717, 1.165) is 54.0 Å². The molecule has 1 unspecified atom stereocenters. The molecular formula is C22H23ClN2O2. The molecule has 0 radical (unpaired) electrons. The van der Waals surface area contributed by atoms with Crippen molar-refractivity contribution in [3.63, 3.8) is 0 Å². The van der Waals surface area contributed by atoms with Gasteiger partial charge in [0.05, 0.1) is 7.11 Å². The molecule has 0 bridgehead atoms. The van der Waals surface area contributed by atoms with Crippen LogP contribution in [0.1, 0.15) is 41.2 Å². The lowest BCUT2D eigenvalue weighted by Crippen LogP contribution is -2.34. The minimum atomic E-state index is 0.0611. The lowest BCUT2D eigenvalue weighted by atomic mass is 9.94. The molecule has 0 saturated carbocycles. The molecule has 4 rings (SSSR count). The van der Waals surface area contributed by atoms with Gasteiger partial charge in [0.15, 0.2) is 0 Å². The van der Waals surface area contributed by atoms with E-state index in [1.807, 2.05) is 41.3 Å². The first-order valence-corrected chi connectivity index (χ1v) is 9.73. The van der Waals surface area contributed by atoms with Crippen LogP contribution in [0, 0.1) is 0 Å². The Hall–Kier alpha value is -2.46. The minimum Gasteiger partial charge on any atom is -0.497 e. The van der Waals surface area contributed by atoms with E-state index in [4.69, 9.17) is 16.3 Å². The highest BCUT2D eigenvalue weighted by atomic mass is 35.5. The van der Waals surface area contributed by atoms with Crippen molar-refractivity contribution < 1.29 is 9.53 Å². The van der Waals surface area contributed by atoms with Crippen LogP contribution in [0.4, 0.5) is 0 Å². The fourth-order valence-corrected chi connectivity index (χ4v) is 3.98. The van der Waals surface area contributed by atoms with Crippen LogP contribution in [0.2, 0.25) is 5.02 Å². The van der Waals surface area contributed by atoms with E-state index in [1.54, 1.807) is 7.11 Å². The highest BCUT2D eigenvalue weighted by Gasteiger charge is 2.25. The van der Waals surface area contributed by atoms with Crippen LogP contribution in [-0.4, -0.2) is 36.0 Å². The summed E-state index contributed by atoms with van der Waals surface area (Å²) in [6.07, 6.45) is 3.25. The summed E-state index contributed by atoms with van der Waals surface area (Å²) >= 11 is 6.02. The number of fused-ring (bicyclic) bond motifs is 1. The van der Waals surface area contributed by atoms with E-state index in [-0.39, 0.29) is 5.91 Å². The molecule has 1 aromatic heterocycles. The molecule has 27 heavy (non-hydrogen) atoms. The zero-order valence-electron chi connectivity index (χ0n) is 15.4.